The van der Waals surface area contributed by atoms with Crippen LogP contribution in [0, 0.1) is 18.6 Å². The normalized spacial score (nSPS) is 11.1. The number of nitrogens with zero attached hydrogens (tertiary/aromatic N) is 2. The zero-order valence-corrected chi connectivity index (χ0v) is 14.4. The summed E-state index contributed by atoms with van der Waals surface area (Å²) in [6.07, 6.45) is 3.87. The number of aromatic amines is 1. The first kappa shape index (κ1) is 14.8. The molecule has 0 aliphatic heterocycles. The summed E-state index contributed by atoms with van der Waals surface area (Å²) in [5, 5.41) is 0. The minimum Gasteiger partial charge on any atom is -0.339 e. The van der Waals surface area contributed by atoms with Crippen LogP contribution in [-0.2, 0) is 0 Å². The molecule has 2 aromatic heterocycles. The van der Waals surface area contributed by atoms with Gasteiger partial charge in [-0.05, 0) is 37.2 Å². The van der Waals surface area contributed by atoms with Crippen LogP contribution in [0.2, 0.25) is 0 Å². The summed E-state index contributed by atoms with van der Waals surface area (Å²) in [7, 11) is 0. The topological polar surface area (TPSA) is 33.1 Å². The molecule has 0 amide bonds. The third-order valence-corrected chi connectivity index (χ3v) is 4.51. The summed E-state index contributed by atoms with van der Waals surface area (Å²) in [4.78, 5) is 7.91. The van der Waals surface area contributed by atoms with Crippen LogP contribution >= 0.6 is 12.2 Å². The number of fused-ring (bicyclic) bond motifs is 1. The average Bonchev–Trinajstić information content (AvgIpc) is 3.02. The number of hydrogen-bond acceptors (Lipinski definition) is 2. The maximum absolute atomic E-state index is 5.40. The van der Waals surface area contributed by atoms with E-state index in [2.05, 4.69) is 72.3 Å². The number of aromatic nitrogens is 3. The summed E-state index contributed by atoms with van der Waals surface area (Å²) >= 11 is 5.40. The molecule has 4 aromatic rings. The average molecular weight is 331 g/mol. The smallest absolute Gasteiger partial charge is 0.205 e. The Hall–Kier alpha value is -2.72. The summed E-state index contributed by atoms with van der Waals surface area (Å²) in [5.74, 6) is 0. The fraction of sp³-hybridized carbons (Fsp3) is 0.100. The molecule has 0 saturated carbocycles. The van der Waals surface area contributed by atoms with Gasteiger partial charge in [-0.1, -0.05) is 59.7 Å². The van der Waals surface area contributed by atoms with Gasteiger partial charge in [0, 0.05) is 18.0 Å². The molecule has 2 heterocycles. The van der Waals surface area contributed by atoms with Gasteiger partial charge in [-0.2, -0.15) is 0 Å². The molecule has 1 N–H and O–H groups in total. The molecule has 0 aliphatic carbocycles. The Bertz CT molecular complexity index is 1090. The summed E-state index contributed by atoms with van der Waals surface area (Å²) < 4.78 is 2.50. The van der Waals surface area contributed by atoms with Crippen molar-refractivity contribution in [2.75, 3.05) is 0 Å². The lowest BCUT2D eigenvalue weighted by Gasteiger charge is -2.05. The Labute approximate surface area is 145 Å². The second kappa shape index (κ2) is 5.73. The van der Waals surface area contributed by atoms with Crippen molar-refractivity contribution < 1.29 is 0 Å². The van der Waals surface area contributed by atoms with E-state index < -0.39 is 0 Å². The monoisotopic (exact) mass is 331 g/mol. The first-order chi connectivity index (χ1) is 11.6. The van der Waals surface area contributed by atoms with Crippen LogP contribution in [0.3, 0.4) is 0 Å². The number of imidazole rings is 1. The van der Waals surface area contributed by atoms with Crippen molar-refractivity contribution in [3.05, 3.63) is 76.8 Å². The highest BCUT2D eigenvalue weighted by atomic mass is 32.1. The molecule has 0 fully saturated rings. The quantitative estimate of drug-likeness (QED) is 0.503. The molecule has 24 heavy (non-hydrogen) atoms. The van der Waals surface area contributed by atoms with E-state index in [1.807, 2.05) is 16.8 Å². The number of hydrogen-bond donors (Lipinski definition) is 1. The fourth-order valence-corrected chi connectivity index (χ4v) is 3.11. The van der Waals surface area contributed by atoms with E-state index in [-0.39, 0.29) is 0 Å². The van der Waals surface area contributed by atoms with E-state index >= 15 is 0 Å². The van der Waals surface area contributed by atoms with Gasteiger partial charge in [0.25, 0.3) is 0 Å². The van der Waals surface area contributed by atoms with Gasteiger partial charge >= 0.3 is 0 Å². The highest BCUT2D eigenvalue weighted by Gasteiger charge is 2.10. The molecule has 4 heteroatoms. The van der Waals surface area contributed by atoms with Crippen molar-refractivity contribution in [3.8, 4) is 22.4 Å². The first-order valence-corrected chi connectivity index (χ1v) is 8.27. The lowest BCUT2D eigenvalue weighted by Crippen LogP contribution is -1.92. The molecule has 0 spiro atoms. The molecule has 4 rings (SSSR count). The van der Waals surface area contributed by atoms with Crippen LogP contribution < -0.4 is 0 Å². The van der Waals surface area contributed by atoms with Gasteiger partial charge in [-0.15, -0.1) is 0 Å². The van der Waals surface area contributed by atoms with E-state index in [1.54, 1.807) is 0 Å². The number of aryl methyl sites for hydroxylation is 2. The minimum atomic E-state index is 0.552. The van der Waals surface area contributed by atoms with Gasteiger partial charge in [-0.3, -0.25) is 4.40 Å². The van der Waals surface area contributed by atoms with E-state index in [4.69, 9.17) is 12.2 Å². The van der Waals surface area contributed by atoms with Crippen molar-refractivity contribution >= 4 is 17.9 Å². The molecule has 0 atom stereocenters. The predicted octanol–water partition coefficient (Wildman–Crippen LogP) is 5.34. The number of rotatable bonds is 2. The first-order valence-electron chi connectivity index (χ1n) is 7.86. The molecule has 0 bridgehead atoms. The van der Waals surface area contributed by atoms with Crippen molar-refractivity contribution in [3.63, 3.8) is 0 Å². The van der Waals surface area contributed by atoms with E-state index in [1.165, 1.54) is 11.1 Å². The number of benzene rings is 2. The van der Waals surface area contributed by atoms with Crippen molar-refractivity contribution in [1.82, 2.24) is 14.4 Å². The molecular formula is C20H17N3S. The van der Waals surface area contributed by atoms with Gasteiger partial charge in [0.2, 0.25) is 4.77 Å². The summed E-state index contributed by atoms with van der Waals surface area (Å²) in [5.41, 5.74) is 7.78. The van der Waals surface area contributed by atoms with Gasteiger partial charge in [-0.25, -0.2) is 4.98 Å². The van der Waals surface area contributed by atoms with Gasteiger partial charge in [0.15, 0.2) is 0 Å². The predicted molar refractivity (Wildman–Crippen MR) is 101 cm³/mol. The molecule has 0 saturated heterocycles. The van der Waals surface area contributed by atoms with E-state index in [0.29, 0.717) is 4.77 Å². The lowest BCUT2D eigenvalue weighted by atomic mass is 10.1. The van der Waals surface area contributed by atoms with Crippen LogP contribution in [0.5, 0.6) is 0 Å². The van der Waals surface area contributed by atoms with E-state index in [0.717, 1.165) is 28.0 Å². The van der Waals surface area contributed by atoms with Crippen LogP contribution in [-0.4, -0.2) is 14.4 Å². The standard InChI is InChI=1S/C20H17N3S/c1-13-6-8-15(9-7-13)18-12-23-19(22-18)17(11-21-20(23)24)16-5-3-4-14(2)10-16/h3-12,22H,1-2H3. The van der Waals surface area contributed by atoms with Crippen LogP contribution in [0.4, 0.5) is 0 Å². The Balaban J connectivity index is 1.95. The second-order valence-corrected chi connectivity index (χ2v) is 6.44. The number of nitrogens with one attached hydrogen (secondary N) is 1. The Morgan fingerprint density at radius 2 is 1.75 bits per heavy atom. The third-order valence-electron chi connectivity index (χ3n) is 4.21. The molecule has 0 aliphatic rings. The van der Waals surface area contributed by atoms with Crippen LogP contribution in [0.1, 0.15) is 11.1 Å². The second-order valence-electron chi connectivity index (χ2n) is 6.08. The van der Waals surface area contributed by atoms with Crippen LogP contribution in [0.15, 0.2) is 60.9 Å². The highest BCUT2D eigenvalue weighted by molar-refractivity contribution is 7.71. The van der Waals surface area contributed by atoms with Gasteiger partial charge in [0.1, 0.15) is 5.65 Å². The number of H-pyrrole nitrogens is 1. The lowest BCUT2D eigenvalue weighted by molar-refractivity contribution is 1.06. The SMILES string of the molecule is Cc1ccc(-c2cn3c(=S)ncc(-c4cccc(C)c4)c3[nH]2)cc1. The summed E-state index contributed by atoms with van der Waals surface area (Å²) in [6.45, 7) is 4.18. The minimum absolute atomic E-state index is 0.552. The molecule has 3 nitrogen and oxygen atoms in total. The molecule has 0 radical (unpaired) electrons. The largest absolute Gasteiger partial charge is 0.339 e. The molecular weight excluding hydrogens is 314 g/mol. The van der Waals surface area contributed by atoms with Crippen molar-refractivity contribution in [1.29, 1.82) is 0 Å². The van der Waals surface area contributed by atoms with E-state index in [9.17, 15) is 0 Å². The fourth-order valence-electron chi connectivity index (χ4n) is 2.91. The van der Waals surface area contributed by atoms with Crippen molar-refractivity contribution in [2.45, 2.75) is 13.8 Å². The Morgan fingerprint density at radius 1 is 0.958 bits per heavy atom. The highest BCUT2D eigenvalue weighted by Crippen LogP contribution is 2.27. The van der Waals surface area contributed by atoms with Crippen LogP contribution in [0.25, 0.3) is 28.0 Å². The maximum Gasteiger partial charge on any atom is 0.205 e. The molecule has 118 valence electrons. The maximum atomic E-state index is 5.40. The van der Waals surface area contributed by atoms with Gasteiger partial charge in [0.05, 0.1) is 5.69 Å². The zero-order chi connectivity index (χ0) is 16.7. The Kier molecular flexibility index (Phi) is 3.54. The third kappa shape index (κ3) is 2.55. The zero-order valence-electron chi connectivity index (χ0n) is 13.6. The Morgan fingerprint density at radius 3 is 2.50 bits per heavy atom. The van der Waals surface area contributed by atoms with Gasteiger partial charge < -0.3 is 4.98 Å². The van der Waals surface area contributed by atoms with Crippen molar-refractivity contribution in [2.24, 2.45) is 0 Å². The molecule has 2 aromatic carbocycles. The molecule has 0 unspecified atom stereocenters. The summed E-state index contributed by atoms with van der Waals surface area (Å²) in [6, 6.07) is 16.9.